The summed E-state index contributed by atoms with van der Waals surface area (Å²) in [7, 11) is 0. The van der Waals surface area contributed by atoms with E-state index >= 15 is 0 Å². The standard InChI is InChI=1S/C31H30ClF3N2O3/c32-26-13-12-24(20-25(26)31(33,34)35)29(40)15-18-36(19-16-29)27(38)21-37-17-7-14-30(28(37)39,22-8-3-1-4-9-22)23-10-5-2-6-11-23/h1-6,8-13,20,40H,7,14-19,21H2. The number of alkyl halides is 3. The third-order valence-electron chi connectivity index (χ3n) is 8.24. The summed E-state index contributed by atoms with van der Waals surface area (Å²) in [6.45, 7) is 0.667. The molecule has 3 aromatic carbocycles. The molecule has 2 aliphatic rings. The maximum atomic E-state index is 14.1. The topological polar surface area (TPSA) is 60.9 Å². The van der Waals surface area contributed by atoms with Crippen LogP contribution in [0.4, 0.5) is 13.2 Å². The van der Waals surface area contributed by atoms with Gasteiger partial charge in [-0.1, -0.05) is 78.3 Å². The van der Waals surface area contributed by atoms with E-state index in [1.165, 1.54) is 6.07 Å². The van der Waals surface area contributed by atoms with Crippen molar-refractivity contribution in [1.82, 2.24) is 9.80 Å². The third-order valence-corrected chi connectivity index (χ3v) is 8.57. The van der Waals surface area contributed by atoms with E-state index in [0.717, 1.165) is 29.7 Å². The van der Waals surface area contributed by atoms with Crippen molar-refractivity contribution in [2.45, 2.75) is 42.9 Å². The summed E-state index contributed by atoms with van der Waals surface area (Å²) in [4.78, 5) is 30.7. The average Bonchev–Trinajstić information content (AvgIpc) is 2.95. The van der Waals surface area contributed by atoms with Crippen molar-refractivity contribution in [1.29, 1.82) is 0 Å². The zero-order valence-electron chi connectivity index (χ0n) is 21.8. The summed E-state index contributed by atoms with van der Waals surface area (Å²) in [5.41, 5.74) is -1.52. The fourth-order valence-corrected chi connectivity index (χ4v) is 6.25. The highest BCUT2D eigenvalue weighted by Gasteiger charge is 2.47. The van der Waals surface area contributed by atoms with E-state index in [-0.39, 0.29) is 49.9 Å². The lowest BCUT2D eigenvalue weighted by atomic mass is 9.68. The van der Waals surface area contributed by atoms with Gasteiger partial charge >= 0.3 is 6.18 Å². The van der Waals surface area contributed by atoms with Crippen LogP contribution in [0, 0.1) is 0 Å². The Bertz CT molecular complexity index is 1330. The number of amides is 2. The second-order valence-electron chi connectivity index (χ2n) is 10.6. The molecule has 0 bridgehead atoms. The van der Waals surface area contributed by atoms with E-state index in [2.05, 4.69) is 0 Å². The van der Waals surface area contributed by atoms with Crippen LogP contribution in [-0.4, -0.2) is 52.9 Å². The van der Waals surface area contributed by atoms with Crippen molar-refractivity contribution in [2.24, 2.45) is 0 Å². The number of nitrogens with zero attached hydrogens (tertiary/aromatic N) is 2. The van der Waals surface area contributed by atoms with Gasteiger partial charge in [-0.25, -0.2) is 0 Å². The molecule has 0 saturated carbocycles. The van der Waals surface area contributed by atoms with E-state index in [1.54, 1.807) is 9.80 Å². The number of hydrogen-bond acceptors (Lipinski definition) is 3. The molecule has 5 rings (SSSR count). The van der Waals surface area contributed by atoms with Gasteiger partial charge in [0.1, 0.15) is 0 Å². The number of carbonyl (C=O) groups excluding carboxylic acids is 2. The Hall–Kier alpha value is -3.36. The lowest BCUT2D eigenvalue weighted by Crippen LogP contribution is -2.55. The van der Waals surface area contributed by atoms with Crippen LogP contribution in [0.1, 0.15) is 47.9 Å². The maximum absolute atomic E-state index is 14.1. The summed E-state index contributed by atoms with van der Waals surface area (Å²) in [5, 5.41) is 10.8. The molecular formula is C31H30ClF3N2O3. The minimum Gasteiger partial charge on any atom is -0.385 e. The van der Waals surface area contributed by atoms with E-state index in [4.69, 9.17) is 11.6 Å². The largest absolute Gasteiger partial charge is 0.417 e. The van der Waals surface area contributed by atoms with Gasteiger partial charge in [0.2, 0.25) is 11.8 Å². The number of halogens is 4. The molecule has 1 N–H and O–H groups in total. The molecule has 2 aliphatic heterocycles. The van der Waals surface area contributed by atoms with Crippen molar-refractivity contribution < 1.29 is 27.9 Å². The first-order chi connectivity index (χ1) is 19.0. The van der Waals surface area contributed by atoms with E-state index < -0.39 is 27.8 Å². The lowest BCUT2D eigenvalue weighted by molar-refractivity contribution is -0.147. The van der Waals surface area contributed by atoms with Crippen molar-refractivity contribution in [3.05, 3.63) is 106 Å². The van der Waals surface area contributed by atoms with Crippen LogP contribution in [0.5, 0.6) is 0 Å². The van der Waals surface area contributed by atoms with Gasteiger partial charge in [-0.3, -0.25) is 9.59 Å². The Balaban J connectivity index is 1.31. The molecule has 0 unspecified atom stereocenters. The Kier molecular flexibility index (Phi) is 7.68. The van der Waals surface area contributed by atoms with Gasteiger partial charge in [0.15, 0.2) is 0 Å². The van der Waals surface area contributed by atoms with Gasteiger partial charge in [-0.15, -0.1) is 0 Å². The molecule has 9 heteroatoms. The SMILES string of the molecule is O=C(CN1CCCC(c2ccccc2)(c2ccccc2)C1=O)N1CCC(O)(c2ccc(Cl)c(C(F)(F)F)c2)CC1. The molecule has 2 saturated heterocycles. The molecule has 0 aromatic heterocycles. The Morgan fingerprint density at radius 3 is 1.98 bits per heavy atom. The van der Waals surface area contributed by atoms with E-state index in [1.807, 2.05) is 60.7 Å². The molecule has 40 heavy (non-hydrogen) atoms. The lowest BCUT2D eigenvalue weighted by Gasteiger charge is -2.43. The number of likely N-dealkylation sites (tertiary alicyclic amines) is 2. The molecule has 0 aliphatic carbocycles. The quantitative estimate of drug-likeness (QED) is 0.423. The summed E-state index contributed by atoms with van der Waals surface area (Å²) in [5.74, 6) is -0.377. The summed E-state index contributed by atoms with van der Waals surface area (Å²) < 4.78 is 40.1. The summed E-state index contributed by atoms with van der Waals surface area (Å²) in [6, 6.07) is 22.7. The highest BCUT2D eigenvalue weighted by molar-refractivity contribution is 6.31. The zero-order chi connectivity index (χ0) is 28.5. The van der Waals surface area contributed by atoms with Crippen molar-refractivity contribution in [3.63, 3.8) is 0 Å². The van der Waals surface area contributed by atoms with Gasteiger partial charge in [0.05, 0.1) is 28.1 Å². The molecule has 2 heterocycles. The number of carbonyl (C=O) groups is 2. The zero-order valence-corrected chi connectivity index (χ0v) is 22.6. The maximum Gasteiger partial charge on any atom is 0.417 e. The molecular weight excluding hydrogens is 541 g/mol. The van der Waals surface area contributed by atoms with Crippen molar-refractivity contribution in [2.75, 3.05) is 26.2 Å². The Morgan fingerprint density at radius 2 is 1.43 bits per heavy atom. The minimum absolute atomic E-state index is 0.0730. The number of aliphatic hydroxyl groups is 1. The molecule has 5 nitrogen and oxygen atoms in total. The van der Waals surface area contributed by atoms with E-state index in [9.17, 15) is 27.9 Å². The second-order valence-corrected chi connectivity index (χ2v) is 11.0. The smallest absolute Gasteiger partial charge is 0.385 e. The molecule has 3 aromatic rings. The highest BCUT2D eigenvalue weighted by Crippen LogP contribution is 2.42. The Morgan fingerprint density at radius 1 is 0.850 bits per heavy atom. The fourth-order valence-electron chi connectivity index (χ4n) is 6.02. The van der Waals surface area contributed by atoms with Gasteiger partial charge in [0.25, 0.3) is 0 Å². The Labute approximate surface area is 236 Å². The van der Waals surface area contributed by atoms with Crippen LogP contribution >= 0.6 is 11.6 Å². The fraction of sp³-hybridized carbons (Fsp3) is 0.355. The van der Waals surface area contributed by atoms with Crippen LogP contribution in [0.25, 0.3) is 0 Å². The van der Waals surface area contributed by atoms with Crippen LogP contribution < -0.4 is 0 Å². The summed E-state index contributed by atoms with van der Waals surface area (Å²) in [6.07, 6.45) is -3.15. The molecule has 210 valence electrons. The number of rotatable bonds is 5. The first-order valence-corrected chi connectivity index (χ1v) is 13.7. The van der Waals surface area contributed by atoms with Gasteiger partial charge < -0.3 is 14.9 Å². The number of piperidine rings is 2. The van der Waals surface area contributed by atoms with Crippen molar-refractivity contribution in [3.8, 4) is 0 Å². The summed E-state index contributed by atoms with van der Waals surface area (Å²) >= 11 is 5.75. The third kappa shape index (κ3) is 5.22. The molecule has 0 atom stereocenters. The highest BCUT2D eigenvalue weighted by atomic mass is 35.5. The number of hydrogen-bond donors (Lipinski definition) is 1. The van der Waals surface area contributed by atoms with Gasteiger partial charge in [0, 0.05) is 19.6 Å². The second kappa shape index (κ2) is 10.9. The first kappa shape index (κ1) is 28.2. The minimum atomic E-state index is -4.64. The molecule has 2 amide bonds. The monoisotopic (exact) mass is 570 g/mol. The van der Waals surface area contributed by atoms with Crippen molar-refractivity contribution >= 4 is 23.4 Å². The predicted octanol–water partition coefficient (Wildman–Crippen LogP) is 5.78. The van der Waals surface area contributed by atoms with Gasteiger partial charge in [-0.05, 0) is 54.5 Å². The van der Waals surface area contributed by atoms with Gasteiger partial charge in [-0.2, -0.15) is 13.2 Å². The predicted molar refractivity (Wildman–Crippen MR) is 146 cm³/mol. The number of benzene rings is 3. The normalized spacial score (nSPS) is 19.0. The molecule has 0 radical (unpaired) electrons. The molecule has 0 spiro atoms. The van der Waals surface area contributed by atoms with Crippen LogP contribution in [0.2, 0.25) is 5.02 Å². The van der Waals surface area contributed by atoms with Crippen LogP contribution in [0.15, 0.2) is 78.9 Å². The van der Waals surface area contributed by atoms with Crippen LogP contribution in [-0.2, 0) is 26.8 Å². The van der Waals surface area contributed by atoms with E-state index in [0.29, 0.717) is 13.0 Å². The average molecular weight is 571 g/mol. The van der Waals surface area contributed by atoms with Crippen LogP contribution in [0.3, 0.4) is 0 Å². The molecule has 2 fully saturated rings. The first-order valence-electron chi connectivity index (χ1n) is 13.3.